The molecular formula is C55H45N7O4S. The molecule has 6 heterocycles. The van der Waals surface area contributed by atoms with Gasteiger partial charge in [-0.05, 0) is 89.3 Å². The molecular weight excluding hydrogens is 855 g/mol. The minimum atomic E-state index is -0.0408. The molecule has 6 aromatic heterocycles. The largest absolute Gasteiger partial charge is 0.462 e. The van der Waals surface area contributed by atoms with Gasteiger partial charge in [0.1, 0.15) is 17.1 Å². The number of nitrogens with zero attached hydrogens (tertiary/aromatic N) is 7. The fourth-order valence-corrected chi connectivity index (χ4v) is 9.07. The number of furan rings is 1. The Hall–Kier alpha value is -8.13. The van der Waals surface area contributed by atoms with Crippen molar-refractivity contribution in [3.63, 3.8) is 0 Å². The number of aromatic nitrogens is 7. The zero-order chi connectivity index (χ0) is 45.7. The van der Waals surface area contributed by atoms with E-state index in [-0.39, 0.29) is 19.8 Å². The van der Waals surface area contributed by atoms with Crippen LogP contribution in [0, 0.1) is 0 Å². The maximum atomic E-state index is 9.38. The summed E-state index contributed by atoms with van der Waals surface area (Å²) in [6.45, 7) is 0.0554. The van der Waals surface area contributed by atoms with Crippen molar-refractivity contribution >= 4 is 44.0 Å². The summed E-state index contributed by atoms with van der Waals surface area (Å²) < 4.78 is 13.4. The highest BCUT2D eigenvalue weighted by atomic mass is 32.1. The van der Waals surface area contributed by atoms with Gasteiger partial charge in [-0.2, -0.15) is 15.3 Å². The first-order chi connectivity index (χ1) is 33.0. The molecule has 0 atom stereocenters. The molecule has 330 valence electrons. The summed E-state index contributed by atoms with van der Waals surface area (Å²) in [5, 5.41) is 47.5. The predicted octanol–water partition coefficient (Wildman–Crippen LogP) is 11.5. The first-order valence-electron chi connectivity index (χ1n) is 21.7. The molecule has 0 aliphatic heterocycles. The van der Waals surface area contributed by atoms with Crippen molar-refractivity contribution in [1.29, 1.82) is 0 Å². The van der Waals surface area contributed by atoms with Crippen LogP contribution in [-0.2, 0) is 26.9 Å². The number of para-hydroxylation sites is 6. The molecule has 0 bridgehead atoms. The smallest absolute Gasteiger partial charge is 0.155 e. The van der Waals surface area contributed by atoms with Crippen LogP contribution in [0.5, 0.6) is 0 Å². The number of aliphatic hydroxyl groups excluding tert-OH is 3. The van der Waals surface area contributed by atoms with Crippen LogP contribution in [0.15, 0.2) is 204 Å². The summed E-state index contributed by atoms with van der Waals surface area (Å²) in [4.78, 5) is 1.08. The third-order valence-electron chi connectivity index (χ3n) is 11.4. The summed E-state index contributed by atoms with van der Waals surface area (Å²) in [7, 11) is 1.98. The van der Waals surface area contributed by atoms with Gasteiger partial charge in [0, 0.05) is 35.0 Å². The lowest BCUT2D eigenvalue weighted by Crippen LogP contribution is -1.96. The molecule has 67 heavy (non-hydrogen) atoms. The highest BCUT2D eigenvalue weighted by Gasteiger charge is 2.18. The maximum absolute atomic E-state index is 9.38. The van der Waals surface area contributed by atoms with Gasteiger partial charge < -0.3 is 24.3 Å². The van der Waals surface area contributed by atoms with Gasteiger partial charge in [0.2, 0.25) is 0 Å². The minimum absolute atomic E-state index is 0.0329. The second-order valence-electron chi connectivity index (χ2n) is 15.8. The number of fused-ring (bicyclic) bond motifs is 3. The zero-order valence-corrected chi connectivity index (χ0v) is 37.3. The zero-order valence-electron chi connectivity index (χ0n) is 36.5. The molecule has 11 nitrogen and oxygen atoms in total. The Bertz CT molecular complexity index is 3410. The fourth-order valence-electron chi connectivity index (χ4n) is 8.17. The molecule has 0 saturated carbocycles. The van der Waals surface area contributed by atoms with E-state index < -0.39 is 0 Å². The Morgan fingerprint density at radius 3 is 1.36 bits per heavy atom. The highest BCUT2D eigenvalue weighted by molar-refractivity contribution is 7.13. The summed E-state index contributed by atoms with van der Waals surface area (Å²) in [5.41, 5.74) is 12.5. The fraction of sp³-hybridized carbons (Fsp3) is 0.0727. The molecule has 0 aliphatic rings. The Balaban J connectivity index is 0.000000118. The van der Waals surface area contributed by atoms with Crippen LogP contribution in [-0.4, -0.2) is 49.2 Å². The number of aryl methyl sites for hydroxylation is 1. The van der Waals surface area contributed by atoms with Crippen LogP contribution in [0.1, 0.15) is 16.7 Å². The number of rotatable bonds is 9. The van der Waals surface area contributed by atoms with Crippen LogP contribution in [0.4, 0.5) is 0 Å². The average Bonchev–Trinajstić information content (AvgIpc) is 4.27. The van der Waals surface area contributed by atoms with Gasteiger partial charge >= 0.3 is 0 Å². The standard InChI is InChI=1S/C19H17N3O.C18H14N2O2.C18H14N2OS/c1-21-12-14(13-23)11-18(21)19-16-9-5-6-10-17(16)22(20-19)15-7-3-2-4-8-15;2*21-11-13-10-17(22-12-13)18-15-8-4-5-9-16(15)20(19-18)14-6-2-1-3-7-14/h2-12,23H,13H2,1H3;2*1-10,12,21H,11H2. The van der Waals surface area contributed by atoms with Gasteiger partial charge in [-0.1, -0.05) is 109 Å². The van der Waals surface area contributed by atoms with E-state index in [2.05, 4.69) is 36.4 Å². The van der Waals surface area contributed by atoms with Gasteiger partial charge in [0.25, 0.3) is 0 Å². The Morgan fingerprint density at radius 1 is 0.463 bits per heavy atom. The van der Waals surface area contributed by atoms with E-state index in [9.17, 15) is 15.3 Å². The van der Waals surface area contributed by atoms with Crippen LogP contribution in [0.2, 0.25) is 0 Å². The molecule has 0 aliphatic carbocycles. The first kappa shape index (κ1) is 42.8. The molecule has 6 aromatic carbocycles. The quantitative estimate of drug-likeness (QED) is 0.131. The molecule has 3 N–H and O–H groups in total. The number of aliphatic hydroxyl groups is 3. The second kappa shape index (κ2) is 19.1. The van der Waals surface area contributed by atoms with Gasteiger partial charge in [-0.15, -0.1) is 11.3 Å². The van der Waals surface area contributed by atoms with E-state index in [1.54, 1.807) is 17.6 Å². The van der Waals surface area contributed by atoms with Crippen molar-refractivity contribution in [1.82, 2.24) is 33.9 Å². The monoisotopic (exact) mass is 899 g/mol. The number of benzene rings is 6. The SMILES string of the molecule is Cn1cc(CO)cc1-c1nn(-c2ccccc2)c2ccccc12.OCc1coc(-c2nn(-c3ccccc3)c3ccccc23)c1.OCc1csc(-c2nn(-c3ccccc3)c3ccccc23)c1. The van der Waals surface area contributed by atoms with Gasteiger partial charge in [0.05, 0.1) is 70.3 Å². The number of thiophene rings is 1. The van der Waals surface area contributed by atoms with Gasteiger partial charge in [-0.3, -0.25) is 0 Å². The molecule has 0 saturated heterocycles. The van der Waals surface area contributed by atoms with Crippen molar-refractivity contribution < 1.29 is 19.7 Å². The van der Waals surface area contributed by atoms with Crippen molar-refractivity contribution in [2.45, 2.75) is 19.8 Å². The lowest BCUT2D eigenvalue weighted by atomic mass is 10.1. The van der Waals surface area contributed by atoms with Crippen molar-refractivity contribution in [3.8, 4) is 50.5 Å². The normalized spacial score (nSPS) is 11.2. The second-order valence-corrected chi connectivity index (χ2v) is 16.7. The van der Waals surface area contributed by atoms with E-state index in [0.29, 0.717) is 5.76 Å². The summed E-state index contributed by atoms with van der Waals surface area (Å²) in [5.74, 6) is 0.662. The third kappa shape index (κ3) is 8.61. The van der Waals surface area contributed by atoms with Crippen LogP contribution >= 0.6 is 11.3 Å². The van der Waals surface area contributed by atoms with Crippen molar-refractivity contribution in [3.05, 3.63) is 217 Å². The van der Waals surface area contributed by atoms with Crippen LogP contribution in [0.3, 0.4) is 0 Å². The van der Waals surface area contributed by atoms with E-state index in [1.807, 2.05) is 183 Å². The lowest BCUT2D eigenvalue weighted by molar-refractivity contribution is 0.280. The molecule has 0 fully saturated rings. The molecule has 12 heteroatoms. The third-order valence-corrected chi connectivity index (χ3v) is 12.4. The van der Waals surface area contributed by atoms with E-state index in [4.69, 9.17) is 19.7 Å². The highest BCUT2D eigenvalue weighted by Crippen LogP contribution is 2.35. The predicted molar refractivity (Wildman–Crippen MR) is 266 cm³/mol. The molecule has 0 spiro atoms. The van der Waals surface area contributed by atoms with E-state index in [1.165, 1.54) is 0 Å². The van der Waals surface area contributed by atoms with Crippen molar-refractivity contribution in [2.75, 3.05) is 0 Å². The summed E-state index contributed by atoms with van der Waals surface area (Å²) >= 11 is 1.61. The molecule has 0 amide bonds. The summed E-state index contributed by atoms with van der Waals surface area (Å²) in [6.07, 6.45) is 3.50. The maximum Gasteiger partial charge on any atom is 0.155 e. The lowest BCUT2D eigenvalue weighted by Gasteiger charge is -2.02. The van der Waals surface area contributed by atoms with Crippen LogP contribution < -0.4 is 0 Å². The summed E-state index contributed by atoms with van der Waals surface area (Å²) in [6, 6.07) is 60.6. The van der Waals surface area contributed by atoms with E-state index >= 15 is 0 Å². The number of hydrogen-bond acceptors (Lipinski definition) is 8. The first-order valence-corrected chi connectivity index (χ1v) is 22.6. The molecule has 12 aromatic rings. The topological polar surface area (TPSA) is 132 Å². The van der Waals surface area contributed by atoms with Gasteiger partial charge in [-0.25, -0.2) is 14.0 Å². The van der Waals surface area contributed by atoms with Crippen LogP contribution in [0.25, 0.3) is 83.2 Å². The molecule has 0 radical (unpaired) electrons. The van der Waals surface area contributed by atoms with Crippen molar-refractivity contribution in [2.24, 2.45) is 7.05 Å². The average molecular weight is 900 g/mol. The molecule has 0 unspecified atom stereocenters. The Morgan fingerprint density at radius 2 is 0.896 bits per heavy atom. The number of hydrogen-bond donors (Lipinski definition) is 3. The minimum Gasteiger partial charge on any atom is -0.462 e. The Labute approximate surface area is 389 Å². The van der Waals surface area contributed by atoms with Gasteiger partial charge in [0.15, 0.2) is 5.76 Å². The Kier molecular flexibility index (Phi) is 12.2. The molecule has 12 rings (SSSR count). The van der Waals surface area contributed by atoms with E-state index in [0.717, 1.165) is 94.1 Å².